The Labute approximate surface area is 121 Å². The summed E-state index contributed by atoms with van der Waals surface area (Å²) in [5, 5.41) is 12.9. The first-order chi connectivity index (χ1) is 9.69. The summed E-state index contributed by atoms with van der Waals surface area (Å²) in [6.07, 6.45) is 5.25. The molecule has 1 N–H and O–H groups in total. The second-order valence-corrected chi connectivity index (χ2v) is 6.31. The van der Waals surface area contributed by atoms with Gasteiger partial charge >= 0.3 is 0 Å². The van der Waals surface area contributed by atoms with E-state index in [9.17, 15) is 5.26 Å². The maximum atomic E-state index is 9.42. The minimum absolute atomic E-state index is 0.525. The monoisotopic (exact) mass is 269 g/mol. The van der Waals surface area contributed by atoms with Gasteiger partial charge in [0.05, 0.1) is 11.3 Å². The second-order valence-electron chi connectivity index (χ2n) is 6.31. The highest BCUT2D eigenvalue weighted by molar-refractivity contribution is 5.60. The molecule has 1 unspecified atom stereocenters. The molecule has 106 valence electrons. The zero-order chi connectivity index (χ0) is 14.1. The van der Waals surface area contributed by atoms with Gasteiger partial charge in [-0.3, -0.25) is 0 Å². The Morgan fingerprint density at radius 3 is 2.70 bits per heavy atom. The highest BCUT2D eigenvalue weighted by Crippen LogP contribution is 2.37. The van der Waals surface area contributed by atoms with E-state index in [-0.39, 0.29) is 0 Å². The third kappa shape index (κ3) is 2.96. The fourth-order valence-corrected chi connectivity index (χ4v) is 2.75. The normalized spacial score (nSPS) is 19.4. The van der Waals surface area contributed by atoms with Gasteiger partial charge in [-0.2, -0.15) is 5.26 Å². The molecule has 0 spiro atoms. The van der Waals surface area contributed by atoms with Gasteiger partial charge in [0.2, 0.25) is 0 Å². The molecule has 3 rings (SSSR count). The van der Waals surface area contributed by atoms with Crippen LogP contribution in [0.5, 0.6) is 0 Å². The smallest absolute Gasteiger partial charge is 0.101 e. The van der Waals surface area contributed by atoms with Crippen molar-refractivity contribution in [3.8, 4) is 6.07 Å². The van der Waals surface area contributed by atoms with Crippen molar-refractivity contribution in [2.75, 3.05) is 11.9 Å². The van der Waals surface area contributed by atoms with Gasteiger partial charge in [0.25, 0.3) is 0 Å². The van der Waals surface area contributed by atoms with Crippen LogP contribution in [-0.4, -0.2) is 19.1 Å². The lowest BCUT2D eigenvalue weighted by Crippen LogP contribution is -2.31. The summed E-state index contributed by atoms with van der Waals surface area (Å²) in [6, 6.07) is 9.91. The lowest BCUT2D eigenvalue weighted by molar-refractivity contribution is 0.608. The summed E-state index contributed by atoms with van der Waals surface area (Å²) in [6.45, 7) is 3.14. The van der Waals surface area contributed by atoms with Gasteiger partial charge in [-0.15, -0.1) is 0 Å². The van der Waals surface area contributed by atoms with Gasteiger partial charge in [0.1, 0.15) is 6.07 Å². The maximum absolute atomic E-state index is 9.42. The lowest BCUT2D eigenvalue weighted by Gasteiger charge is -2.28. The summed E-state index contributed by atoms with van der Waals surface area (Å²) in [7, 11) is 2.11. The molecule has 0 radical (unpaired) electrons. The molecular weight excluding hydrogens is 246 g/mol. The molecule has 2 saturated carbocycles. The third-order valence-corrected chi connectivity index (χ3v) is 4.65. The molecule has 20 heavy (non-hydrogen) atoms. The van der Waals surface area contributed by atoms with E-state index >= 15 is 0 Å². The third-order valence-electron chi connectivity index (χ3n) is 4.65. The van der Waals surface area contributed by atoms with Crippen molar-refractivity contribution >= 4 is 5.69 Å². The number of anilines is 1. The number of nitriles is 1. The van der Waals surface area contributed by atoms with E-state index in [2.05, 4.69) is 42.4 Å². The highest BCUT2D eigenvalue weighted by atomic mass is 15.1. The minimum atomic E-state index is 0.525. The Kier molecular flexibility index (Phi) is 3.67. The Morgan fingerprint density at radius 2 is 2.10 bits per heavy atom. The fourth-order valence-electron chi connectivity index (χ4n) is 2.75. The van der Waals surface area contributed by atoms with E-state index in [0.29, 0.717) is 12.1 Å². The van der Waals surface area contributed by atoms with Crippen LogP contribution >= 0.6 is 0 Å². The first kappa shape index (κ1) is 13.5. The van der Waals surface area contributed by atoms with Gasteiger partial charge < -0.3 is 10.2 Å². The molecule has 0 amide bonds. The molecule has 3 heteroatoms. The summed E-state index contributed by atoms with van der Waals surface area (Å²) in [5.74, 6) is 0.808. The largest absolute Gasteiger partial charge is 0.371 e. The van der Waals surface area contributed by atoms with Crippen LogP contribution in [0.4, 0.5) is 5.69 Å². The van der Waals surface area contributed by atoms with Gasteiger partial charge in [0, 0.05) is 25.7 Å². The standard InChI is InChI=1S/C17H23N3/c1-12(14-4-5-14)20(2)17-8-3-13(9-15(17)10-18)11-19-16-6-7-16/h3,8-9,12,14,16,19H,4-7,11H2,1-2H3. The minimum Gasteiger partial charge on any atom is -0.371 e. The van der Waals surface area contributed by atoms with Crippen molar-refractivity contribution < 1.29 is 0 Å². The molecule has 3 nitrogen and oxygen atoms in total. The number of rotatable bonds is 6. The van der Waals surface area contributed by atoms with Crippen LogP contribution in [0.3, 0.4) is 0 Å². The highest BCUT2D eigenvalue weighted by Gasteiger charge is 2.31. The van der Waals surface area contributed by atoms with Crippen molar-refractivity contribution in [3.05, 3.63) is 29.3 Å². The SMILES string of the molecule is CC(C1CC1)N(C)c1ccc(CNC2CC2)cc1C#N. The maximum Gasteiger partial charge on any atom is 0.101 e. The molecule has 0 saturated heterocycles. The fraction of sp³-hybridized carbons (Fsp3) is 0.588. The molecule has 2 aliphatic carbocycles. The summed E-state index contributed by atoms with van der Waals surface area (Å²) in [5.41, 5.74) is 3.09. The molecule has 0 aromatic heterocycles. The van der Waals surface area contributed by atoms with Gasteiger partial charge in [0.15, 0.2) is 0 Å². The first-order valence-electron chi connectivity index (χ1n) is 7.68. The second kappa shape index (κ2) is 5.46. The van der Waals surface area contributed by atoms with Crippen molar-refractivity contribution in [1.82, 2.24) is 5.32 Å². The average Bonchev–Trinajstić information content (AvgIpc) is 3.36. The van der Waals surface area contributed by atoms with Crippen LogP contribution in [0, 0.1) is 17.2 Å². The molecular formula is C17H23N3. The predicted octanol–water partition coefficient (Wildman–Crippen LogP) is 3.04. The number of hydrogen-bond acceptors (Lipinski definition) is 3. The Morgan fingerprint density at radius 1 is 1.35 bits per heavy atom. The van der Waals surface area contributed by atoms with Crippen molar-refractivity contribution in [1.29, 1.82) is 5.26 Å². The van der Waals surface area contributed by atoms with Crippen molar-refractivity contribution in [3.63, 3.8) is 0 Å². The molecule has 2 fully saturated rings. The van der Waals surface area contributed by atoms with E-state index in [1.165, 1.54) is 31.2 Å². The number of nitrogens with one attached hydrogen (secondary N) is 1. The summed E-state index contributed by atoms with van der Waals surface area (Å²) in [4.78, 5) is 2.27. The number of hydrogen-bond donors (Lipinski definition) is 1. The van der Waals surface area contributed by atoms with Crippen LogP contribution in [0.2, 0.25) is 0 Å². The zero-order valence-corrected chi connectivity index (χ0v) is 12.4. The van der Waals surface area contributed by atoms with Crippen LogP contribution in [0.25, 0.3) is 0 Å². The van der Waals surface area contributed by atoms with Crippen molar-refractivity contribution in [2.45, 2.75) is 51.2 Å². The molecule has 0 heterocycles. The first-order valence-corrected chi connectivity index (χ1v) is 7.68. The molecule has 1 atom stereocenters. The van der Waals surface area contributed by atoms with Crippen LogP contribution < -0.4 is 10.2 Å². The van der Waals surface area contributed by atoms with E-state index in [1.54, 1.807) is 0 Å². The Balaban J connectivity index is 1.74. The Hall–Kier alpha value is -1.53. The summed E-state index contributed by atoms with van der Waals surface area (Å²) >= 11 is 0. The molecule has 1 aromatic rings. The molecule has 0 bridgehead atoms. The Bertz CT molecular complexity index is 524. The quantitative estimate of drug-likeness (QED) is 0.862. The number of benzene rings is 1. The molecule has 1 aromatic carbocycles. The van der Waals surface area contributed by atoms with Gasteiger partial charge in [-0.1, -0.05) is 6.07 Å². The topological polar surface area (TPSA) is 39.1 Å². The van der Waals surface area contributed by atoms with E-state index in [4.69, 9.17) is 0 Å². The van der Waals surface area contributed by atoms with Crippen LogP contribution in [0.15, 0.2) is 18.2 Å². The van der Waals surface area contributed by atoms with Crippen molar-refractivity contribution in [2.24, 2.45) is 5.92 Å². The molecule has 2 aliphatic rings. The van der Waals surface area contributed by atoms with Crippen LogP contribution in [-0.2, 0) is 6.54 Å². The van der Waals surface area contributed by atoms with Gasteiger partial charge in [-0.25, -0.2) is 0 Å². The lowest BCUT2D eigenvalue weighted by atomic mass is 10.1. The number of nitrogens with zero attached hydrogens (tertiary/aromatic N) is 2. The van der Waals surface area contributed by atoms with E-state index in [0.717, 1.165) is 23.7 Å². The average molecular weight is 269 g/mol. The van der Waals surface area contributed by atoms with Gasteiger partial charge in [-0.05, 0) is 56.2 Å². The van der Waals surface area contributed by atoms with Crippen LogP contribution in [0.1, 0.15) is 43.7 Å². The van der Waals surface area contributed by atoms with E-state index < -0.39 is 0 Å². The zero-order valence-electron chi connectivity index (χ0n) is 12.4. The molecule has 0 aliphatic heterocycles. The predicted molar refractivity (Wildman–Crippen MR) is 81.6 cm³/mol. The summed E-state index contributed by atoms with van der Waals surface area (Å²) < 4.78 is 0. The van der Waals surface area contributed by atoms with E-state index in [1.807, 2.05) is 6.07 Å².